The lowest BCUT2D eigenvalue weighted by Crippen LogP contribution is -2.41. The van der Waals surface area contributed by atoms with Gasteiger partial charge in [-0.1, -0.05) is 24.3 Å². The molecule has 0 bridgehead atoms. The third-order valence-electron chi connectivity index (χ3n) is 4.76. The topological polar surface area (TPSA) is 94.6 Å². The molecule has 0 fully saturated rings. The Bertz CT molecular complexity index is 630. The maximum absolute atomic E-state index is 6.24. The summed E-state index contributed by atoms with van der Waals surface area (Å²) < 4.78 is 10.9. The molecule has 0 aliphatic heterocycles. The van der Waals surface area contributed by atoms with Gasteiger partial charge in [-0.25, -0.2) is 0 Å². The summed E-state index contributed by atoms with van der Waals surface area (Å²) in [6.45, 7) is 8.65. The van der Waals surface area contributed by atoms with Gasteiger partial charge in [-0.05, 0) is 62.1 Å². The Kier molecular flexibility index (Phi) is 11.3. The summed E-state index contributed by atoms with van der Waals surface area (Å²) in [4.78, 5) is 0. The molecule has 6 N–H and O–H groups in total. The van der Waals surface area contributed by atoms with Gasteiger partial charge in [-0.15, -0.1) is 0 Å². The van der Waals surface area contributed by atoms with E-state index in [1.54, 1.807) is 0 Å². The molecule has 2 aromatic rings. The minimum absolute atomic E-state index is 0.0878. The van der Waals surface area contributed by atoms with E-state index >= 15 is 0 Å². The average molecular weight is 415 g/mol. The maximum Gasteiger partial charge on any atom is 0.119 e. The Labute approximate surface area is 181 Å². The Balaban J connectivity index is 1.53. The zero-order valence-corrected chi connectivity index (χ0v) is 18.4. The van der Waals surface area contributed by atoms with Crippen molar-refractivity contribution in [2.24, 2.45) is 11.5 Å². The van der Waals surface area contributed by atoms with Crippen molar-refractivity contribution >= 4 is 0 Å². The van der Waals surface area contributed by atoms with Crippen LogP contribution in [0.5, 0.6) is 11.5 Å². The third-order valence-corrected chi connectivity index (χ3v) is 4.76. The largest absolute Gasteiger partial charge is 0.494 e. The molecular weight excluding hydrogens is 376 g/mol. The molecule has 0 saturated heterocycles. The monoisotopic (exact) mass is 414 g/mol. The molecule has 0 amide bonds. The predicted octanol–water partition coefficient (Wildman–Crippen LogP) is 2.10. The predicted molar refractivity (Wildman–Crippen MR) is 124 cm³/mol. The van der Waals surface area contributed by atoms with E-state index in [1.165, 1.54) is 11.1 Å². The standard InChI is InChI=1S/C24H38N4O2/c1-3-29-23-9-5-19(6-10-23)15-21(25)17-27-13-14-28-18-22(26)16-20-7-11-24(12-8-20)30-4-2/h5-12,21-22,27-28H,3-4,13-18,25-26H2,1-2H3/t21-,22-/m0/s1. The van der Waals surface area contributed by atoms with Crippen LogP contribution < -0.4 is 31.6 Å². The first-order valence-electron chi connectivity index (χ1n) is 11.0. The second-order valence-corrected chi connectivity index (χ2v) is 7.49. The van der Waals surface area contributed by atoms with E-state index < -0.39 is 0 Å². The van der Waals surface area contributed by atoms with Crippen molar-refractivity contribution < 1.29 is 9.47 Å². The summed E-state index contributed by atoms with van der Waals surface area (Å²) in [5.74, 6) is 1.81. The van der Waals surface area contributed by atoms with E-state index in [2.05, 4.69) is 34.9 Å². The van der Waals surface area contributed by atoms with Gasteiger partial charge < -0.3 is 31.6 Å². The third kappa shape index (κ3) is 9.59. The molecule has 0 spiro atoms. The average Bonchev–Trinajstić information content (AvgIpc) is 2.74. The fraction of sp³-hybridized carbons (Fsp3) is 0.500. The Morgan fingerprint density at radius 3 is 1.37 bits per heavy atom. The molecular formula is C24H38N4O2. The van der Waals surface area contributed by atoms with Crippen molar-refractivity contribution in [1.29, 1.82) is 0 Å². The molecule has 0 aliphatic carbocycles. The minimum Gasteiger partial charge on any atom is -0.494 e. The second-order valence-electron chi connectivity index (χ2n) is 7.49. The first-order valence-corrected chi connectivity index (χ1v) is 11.0. The fourth-order valence-electron chi connectivity index (χ4n) is 3.28. The van der Waals surface area contributed by atoms with Gasteiger partial charge in [0.1, 0.15) is 11.5 Å². The Morgan fingerprint density at radius 2 is 1.03 bits per heavy atom. The number of rotatable bonds is 15. The van der Waals surface area contributed by atoms with Gasteiger partial charge in [0, 0.05) is 38.3 Å². The van der Waals surface area contributed by atoms with Crippen LogP contribution >= 0.6 is 0 Å². The summed E-state index contributed by atoms with van der Waals surface area (Å²) in [6, 6.07) is 16.5. The van der Waals surface area contributed by atoms with E-state index in [9.17, 15) is 0 Å². The van der Waals surface area contributed by atoms with Gasteiger partial charge in [0.15, 0.2) is 0 Å². The highest BCUT2D eigenvalue weighted by molar-refractivity contribution is 5.28. The lowest BCUT2D eigenvalue weighted by molar-refractivity contribution is 0.340. The number of nitrogens with two attached hydrogens (primary N) is 2. The Morgan fingerprint density at radius 1 is 0.667 bits per heavy atom. The molecule has 6 nitrogen and oxygen atoms in total. The van der Waals surface area contributed by atoms with Crippen LogP contribution in [0.2, 0.25) is 0 Å². The number of hydrogen-bond acceptors (Lipinski definition) is 6. The maximum atomic E-state index is 6.24. The molecule has 0 radical (unpaired) electrons. The summed E-state index contributed by atoms with van der Waals surface area (Å²) in [6.07, 6.45) is 1.69. The molecule has 0 heterocycles. The van der Waals surface area contributed by atoms with Crippen LogP contribution in [0.25, 0.3) is 0 Å². The van der Waals surface area contributed by atoms with Crippen molar-refractivity contribution in [3.63, 3.8) is 0 Å². The van der Waals surface area contributed by atoms with E-state index in [-0.39, 0.29) is 12.1 Å². The van der Waals surface area contributed by atoms with Gasteiger partial charge in [0.25, 0.3) is 0 Å². The summed E-state index contributed by atoms with van der Waals surface area (Å²) in [5.41, 5.74) is 14.9. The zero-order valence-electron chi connectivity index (χ0n) is 18.4. The lowest BCUT2D eigenvalue weighted by Gasteiger charge is -2.15. The summed E-state index contributed by atoms with van der Waals surface area (Å²) in [5, 5.41) is 6.82. The van der Waals surface area contributed by atoms with Crippen molar-refractivity contribution in [3.05, 3.63) is 59.7 Å². The van der Waals surface area contributed by atoms with Gasteiger partial charge in [-0.3, -0.25) is 0 Å². The summed E-state index contributed by atoms with van der Waals surface area (Å²) >= 11 is 0. The van der Waals surface area contributed by atoms with Gasteiger partial charge in [-0.2, -0.15) is 0 Å². The molecule has 30 heavy (non-hydrogen) atoms. The number of nitrogens with one attached hydrogen (secondary N) is 2. The van der Waals surface area contributed by atoms with Gasteiger partial charge in [0.2, 0.25) is 0 Å². The number of benzene rings is 2. The summed E-state index contributed by atoms with van der Waals surface area (Å²) in [7, 11) is 0. The highest BCUT2D eigenvalue weighted by Crippen LogP contribution is 2.13. The van der Waals surface area contributed by atoms with Crippen LogP contribution in [0.1, 0.15) is 25.0 Å². The molecule has 0 saturated carbocycles. The number of hydrogen-bond donors (Lipinski definition) is 4. The SMILES string of the molecule is CCOc1ccc(C[C@H](N)CNCCNC[C@@H](N)Cc2ccc(OCC)cc2)cc1. The van der Waals surface area contributed by atoms with Crippen LogP contribution in [-0.4, -0.2) is 51.5 Å². The normalized spacial score (nSPS) is 13.1. The second kappa shape index (κ2) is 14.0. The van der Waals surface area contributed by atoms with Crippen molar-refractivity contribution in [2.45, 2.75) is 38.8 Å². The smallest absolute Gasteiger partial charge is 0.119 e. The lowest BCUT2D eigenvalue weighted by atomic mass is 10.1. The van der Waals surface area contributed by atoms with E-state index in [0.717, 1.165) is 50.5 Å². The van der Waals surface area contributed by atoms with Crippen LogP contribution in [0, 0.1) is 0 Å². The fourth-order valence-corrected chi connectivity index (χ4v) is 3.28. The minimum atomic E-state index is 0.0878. The highest BCUT2D eigenvalue weighted by Gasteiger charge is 2.06. The van der Waals surface area contributed by atoms with Gasteiger partial charge in [0.05, 0.1) is 13.2 Å². The molecule has 2 atom stereocenters. The zero-order chi connectivity index (χ0) is 21.6. The molecule has 0 aliphatic rings. The van der Waals surface area contributed by atoms with E-state index in [0.29, 0.717) is 13.2 Å². The van der Waals surface area contributed by atoms with Crippen LogP contribution in [-0.2, 0) is 12.8 Å². The first-order chi connectivity index (χ1) is 14.6. The van der Waals surface area contributed by atoms with Crippen molar-refractivity contribution in [3.8, 4) is 11.5 Å². The highest BCUT2D eigenvalue weighted by atomic mass is 16.5. The number of ether oxygens (including phenoxy) is 2. The molecule has 166 valence electrons. The van der Waals surface area contributed by atoms with Crippen LogP contribution in [0.4, 0.5) is 0 Å². The van der Waals surface area contributed by atoms with Crippen molar-refractivity contribution in [1.82, 2.24) is 10.6 Å². The van der Waals surface area contributed by atoms with E-state index in [1.807, 2.05) is 38.1 Å². The van der Waals surface area contributed by atoms with Crippen molar-refractivity contribution in [2.75, 3.05) is 39.4 Å². The van der Waals surface area contributed by atoms with E-state index in [4.69, 9.17) is 20.9 Å². The first kappa shape index (κ1) is 24.2. The quantitative estimate of drug-likeness (QED) is 0.334. The van der Waals surface area contributed by atoms with Crippen LogP contribution in [0.3, 0.4) is 0 Å². The molecule has 2 aromatic carbocycles. The molecule has 0 unspecified atom stereocenters. The molecule has 0 aromatic heterocycles. The molecule has 2 rings (SSSR count). The van der Waals surface area contributed by atoms with Crippen LogP contribution in [0.15, 0.2) is 48.5 Å². The van der Waals surface area contributed by atoms with Gasteiger partial charge >= 0.3 is 0 Å². The Hall–Kier alpha value is -2.12. The molecule has 6 heteroatoms.